The highest BCUT2D eigenvalue weighted by Gasteiger charge is 2.42. The third-order valence-corrected chi connectivity index (χ3v) is 6.18. The molecule has 3 rings (SSSR count). The molecule has 1 amide bonds. The van der Waals surface area contributed by atoms with Crippen LogP contribution in [-0.4, -0.2) is 67.7 Å². The van der Waals surface area contributed by atoms with Crippen LogP contribution in [0.2, 0.25) is 0 Å². The fourth-order valence-corrected chi connectivity index (χ4v) is 4.80. The Morgan fingerprint density at radius 2 is 2.17 bits per heavy atom. The van der Waals surface area contributed by atoms with Crippen LogP contribution >= 0.6 is 0 Å². The number of aliphatic hydroxyl groups is 1. The zero-order valence-corrected chi connectivity index (χ0v) is 18.2. The molecule has 2 saturated heterocycles. The van der Waals surface area contributed by atoms with Crippen molar-refractivity contribution in [2.75, 3.05) is 33.4 Å². The van der Waals surface area contributed by atoms with Crippen LogP contribution < -0.4 is 5.32 Å². The van der Waals surface area contributed by atoms with Crippen molar-refractivity contribution in [2.45, 2.75) is 64.4 Å². The summed E-state index contributed by atoms with van der Waals surface area (Å²) in [6, 6.07) is -0.271. The Bertz CT molecular complexity index is 604. The predicted octanol–water partition coefficient (Wildman–Crippen LogP) is 2.49. The minimum atomic E-state index is -0.600. The molecule has 2 fully saturated rings. The number of hydrogen-bond donors (Lipinski definition) is 2. The van der Waals surface area contributed by atoms with E-state index in [-0.39, 0.29) is 24.2 Å². The molecule has 3 aliphatic rings. The Morgan fingerprint density at radius 3 is 2.90 bits per heavy atom. The second-order valence-electron chi connectivity index (χ2n) is 9.34. The van der Waals surface area contributed by atoms with Gasteiger partial charge in [-0.2, -0.15) is 0 Å². The van der Waals surface area contributed by atoms with Crippen molar-refractivity contribution in [3.63, 3.8) is 0 Å². The lowest BCUT2D eigenvalue weighted by molar-refractivity contribution is -0.124. The maximum absolute atomic E-state index is 12.8. The van der Waals surface area contributed by atoms with Gasteiger partial charge in [0.15, 0.2) is 6.29 Å². The van der Waals surface area contributed by atoms with E-state index in [9.17, 15) is 9.90 Å². The van der Waals surface area contributed by atoms with Gasteiger partial charge in [-0.15, -0.1) is 0 Å². The summed E-state index contributed by atoms with van der Waals surface area (Å²) in [6.45, 7) is 7.13. The van der Waals surface area contributed by atoms with E-state index >= 15 is 0 Å². The number of allylic oxidation sites excluding steroid dienone is 3. The summed E-state index contributed by atoms with van der Waals surface area (Å²) < 4.78 is 11.2. The minimum absolute atomic E-state index is 0.00802. The second kappa shape index (κ2) is 10.7. The molecule has 0 unspecified atom stereocenters. The lowest BCUT2D eigenvalue weighted by Gasteiger charge is -2.30. The second-order valence-corrected chi connectivity index (χ2v) is 9.34. The normalized spacial score (nSPS) is 28.5. The molecular weight excluding hydrogens is 368 g/mol. The van der Waals surface area contributed by atoms with Gasteiger partial charge in [-0.1, -0.05) is 37.6 Å². The topological polar surface area (TPSA) is 71.0 Å². The minimum Gasteiger partial charge on any atom is -0.390 e. The summed E-state index contributed by atoms with van der Waals surface area (Å²) in [5, 5.41) is 14.1. The number of carbonyl (C=O) groups excluding carboxylic acids is 1. The highest BCUT2D eigenvalue weighted by Crippen LogP contribution is 2.37. The Labute approximate surface area is 175 Å². The summed E-state index contributed by atoms with van der Waals surface area (Å²) in [5.41, 5.74) is 1.29. The molecular formula is C23H38N2O4. The van der Waals surface area contributed by atoms with Gasteiger partial charge < -0.3 is 24.8 Å². The van der Waals surface area contributed by atoms with Gasteiger partial charge in [-0.05, 0) is 44.6 Å². The van der Waals surface area contributed by atoms with Gasteiger partial charge in [0.2, 0.25) is 5.91 Å². The average Bonchev–Trinajstić information content (AvgIpc) is 3.26. The molecule has 0 radical (unpaired) electrons. The van der Waals surface area contributed by atoms with E-state index in [0.29, 0.717) is 37.8 Å². The molecule has 6 heteroatoms. The van der Waals surface area contributed by atoms with Gasteiger partial charge in [-0.3, -0.25) is 4.79 Å². The van der Waals surface area contributed by atoms with E-state index < -0.39 is 6.10 Å². The van der Waals surface area contributed by atoms with Crippen LogP contribution in [0, 0.1) is 17.8 Å². The van der Waals surface area contributed by atoms with E-state index in [4.69, 9.17) is 9.47 Å². The molecule has 29 heavy (non-hydrogen) atoms. The van der Waals surface area contributed by atoms with Gasteiger partial charge in [0.05, 0.1) is 25.4 Å². The van der Waals surface area contributed by atoms with Crippen LogP contribution in [-0.2, 0) is 14.3 Å². The Balaban J connectivity index is 1.58. The third kappa shape index (κ3) is 6.64. The molecule has 2 N–H and O–H groups in total. The number of likely N-dealkylation sites (N-methyl/N-ethyl adjacent to an activating group) is 1. The molecule has 0 aromatic carbocycles. The largest absolute Gasteiger partial charge is 0.390 e. The number of nitrogens with zero attached hydrogens (tertiary/aromatic N) is 1. The van der Waals surface area contributed by atoms with E-state index in [1.54, 1.807) is 0 Å². The number of amides is 1. The van der Waals surface area contributed by atoms with Gasteiger partial charge >= 0.3 is 0 Å². The Kier molecular flexibility index (Phi) is 8.30. The summed E-state index contributed by atoms with van der Waals surface area (Å²) in [7, 11) is 2.03. The molecule has 164 valence electrons. The van der Waals surface area contributed by atoms with E-state index in [1.165, 1.54) is 5.57 Å². The van der Waals surface area contributed by atoms with Crippen LogP contribution in [0.1, 0.15) is 46.0 Å². The first-order valence-corrected chi connectivity index (χ1v) is 11.2. The summed E-state index contributed by atoms with van der Waals surface area (Å²) in [5.74, 6) is 1.08. The number of rotatable bonds is 10. The quantitative estimate of drug-likeness (QED) is 0.583. The molecule has 0 aromatic heterocycles. The maximum atomic E-state index is 12.8. The summed E-state index contributed by atoms with van der Waals surface area (Å²) in [6.07, 6.45) is 9.75. The number of aliphatic hydroxyl groups excluding tert-OH is 1. The lowest BCUT2D eigenvalue weighted by Crippen LogP contribution is -2.48. The van der Waals surface area contributed by atoms with Gasteiger partial charge in [0.25, 0.3) is 0 Å². The highest BCUT2D eigenvalue weighted by molar-refractivity contribution is 5.76. The standard InChI is InChI=1S/C23H38N2O4/c1-16(2)13-25(3)14-21(26)20(11-17-7-5-4-6-8-17)24-22(27)12-18-15-29-23-19(18)9-10-28-23/h4-5,7,16,18-21,23,26H,6,8-15H2,1-3H3,(H,24,27)/t18-,19-,20+,21-,23+/m1/s1. The Hall–Kier alpha value is -1.21. The zero-order chi connectivity index (χ0) is 20.8. The first-order valence-electron chi connectivity index (χ1n) is 11.2. The number of carbonyl (C=O) groups is 1. The first kappa shape index (κ1) is 22.5. The van der Waals surface area contributed by atoms with E-state index in [2.05, 4.69) is 42.3 Å². The molecule has 0 aromatic rings. The first-order chi connectivity index (χ1) is 13.9. The number of fused-ring (bicyclic) bond motifs is 1. The van der Waals surface area contributed by atoms with Crippen molar-refractivity contribution < 1.29 is 19.4 Å². The fraction of sp³-hybridized carbons (Fsp3) is 0.783. The van der Waals surface area contributed by atoms with Crippen LogP contribution in [0.4, 0.5) is 0 Å². The van der Waals surface area contributed by atoms with Crippen molar-refractivity contribution in [3.8, 4) is 0 Å². The fourth-order valence-electron chi connectivity index (χ4n) is 4.80. The van der Waals surface area contributed by atoms with Gasteiger partial charge in [0.1, 0.15) is 0 Å². The smallest absolute Gasteiger partial charge is 0.220 e. The molecule has 6 nitrogen and oxygen atoms in total. The summed E-state index contributed by atoms with van der Waals surface area (Å²) >= 11 is 0. The van der Waals surface area contributed by atoms with Crippen LogP contribution in [0.3, 0.4) is 0 Å². The van der Waals surface area contributed by atoms with E-state index in [0.717, 1.165) is 32.4 Å². The van der Waals surface area contributed by atoms with Gasteiger partial charge in [0, 0.05) is 25.4 Å². The number of hydrogen-bond acceptors (Lipinski definition) is 5. The van der Waals surface area contributed by atoms with Crippen molar-refractivity contribution in [3.05, 3.63) is 23.8 Å². The van der Waals surface area contributed by atoms with Gasteiger partial charge in [-0.25, -0.2) is 0 Å². The van der Waals surface area contributed by atoms with Crippen LogP contribution in [0.15, 0.2) is 23.8 Å². The zero-order valence-electron chi connectivity index (χ0n) is 18.2. The maximum Gasteiger partial charge on any atom is 0.220 e. The van der Waals surface area contributed by atoms with Crippen LogP contribution in [0.25, 0.3) is 0 Å². The molecule has 0 spiro atoms. The SMILES string of the molecule is CC(C)CN(C)C[C@@H](O)[C@H](CC1=CC=CCC1)NC(=O)C[C@@H]1CO[C@@H]2OCC[C@H]12. The molecule has 2 aliphatic heterocycles. The van der Waals surface area contributed by atoms with Crippen molar-refractivity contribution in [1.82, 2.24) is 10.2 Å². The molecule has 0 saturated carbocycles. The van der Waals surface area contributed by atoms with Crippen molar-refractivity contribution in [1.29, 1.82) is 0 Å². The monoisotopic (exact) mass is 406 g/mol. The van der Waals surface area contributed by atoms with Crippen molar-refractivity contribution in [2.24, 2.45) is 17.8 Å². The van der Waals surface area contributed by atoms with Crippen molar-refractivity contribution >= 4 is 5.91 Å². The van der Waals surface area contributed by atoms with E-state index in [1.807, 2.05) is 7.05 Å². The highest BCUT2D eigenvalue weighted by atomic mass is 16.7. The molecule has 5 atom stereocenters. The number of ether oxygens (including phenoxy) is 2. The third-order valence-electron chi connectivity index (χ3n) is 6.18. The number of nitrogens with one attached hydrogen (secondary N) is 1. The lowest BCUT2D eigenvalue weighted by atomic mass is 9.90. The average molecular weight is 407 g/mol. The molecule has 0 bridgehead atoms. The molecule has 2 heterocycles. The van der Waals surface area contributed by atoms with Crippen LogP contribution in [0.5, 0.6) is 0 Å². The predicted molar refractivity (Wildman–Crippen MR) is 113 cm³/mol. The summed E-state index contributed by atoms with van der Waals surface area (Å²) in [4.78, 5) is 15.0. The Morgan fingerprint density at radius 1 is 1.34 bits per heavy atom. The molecule has 1 aliphatic carbocycles.